The van der Waals surface area contributed by atoms with Crippen LogP contribution >= 0.6 is 15.9 Å². The van der Waals surface area contributed by atoms with E-state index in [-0.39, 0.29) is 17.2 Å². The lowest BCUT2D eigenvalue weighted by Crippen LogP contribution is -2.22. The number of nitrogens with one attached hydrogen (secondary N) is 1. The molecular weight excluding hydrogens is 324 g/mol. The Kier molecular flexibility index (Phi) is 4.57. The Morgan fingerprint density at radius 3 is 2.90 bits per heavy atom. The second-order valence-electron chi connectivity index (χ2n) is 4.05. The van der Waals surface area contributed by atoms with Gasteiger partial charge in [-0.3, -0.25) is 4.79 Å². The zero-order valence-corrected chi connectivity index (χ0v) is 12.3. The number of nitrogens with zero attached hydrogens (tertiary/aromatic N) is 1. The highest BCUT2D eigenvalue weighted by atomic mass is 79.9. The van der Waals surface area contributed by atoms with Gasteiger partial charge in [0.05, 0.1) is 12.7 Å². The van der Waals surface area contributed by atoms with Crippen molar-refractivity contribution in [3.05, 3.63) is 52.1 Å². The molecule has 1 heterocycles. The number of ether oxygens (including phenoxy) is 1. The molecule has 0 bridgehead atoms. The summed E-state index contributed by atoms with van der Waals surface area (Å²) in [5, 5.41) is 12.4. The predicted octanol–water partition coefficient (Wildman–Crippen LogP) is 2.49. The van der Waals surface area contributed by atoms with E-state index in [0.29, 0.717) is 16.9 Å². The van der Waals surface area contributed by atoms with Crippen molar-refractivity contribution in [1.82, 2.24) is 10.3 Å². The Bertz CT molecular complexity index is 632. The Balaban J connectivity index is 2.04. The van der Waals surface area contributed by atoms with Crippen LogP contribution in [0.15, 0.2) is 41.0 Å². The lowest BCUT2D eigenvalue weighted by Gasteiger charge is -2.08. The number of phenolic OH excluding ortho intramolecular Hbond substituents is 1. The number of aromatic hydroxyl groups is 1. The van der Waals surface area contributed by atoms with Crippen molar-refractivity contribution < 1.29 is 14.6 Å². The average molecular weight is 337 g/mol. The minimum Gasteiger partial charge on any atom is -0.507 e. The van der Waals surface area contributed by atoms with Crippen LogP contribution in [0.5, 0.6) is 11.6 Å². The first kappa shape index (κ1) is 14.3. The molecule has 0 radical (unpaired) electrons. The molecule has 5 nitrogen and oxygen atoms in total. The van der Waals surface area contributed by atoms with E-state index >= 15 is 0 Å². The van der Waals surface area contributed by atoms with Crippen LogP contribution in [0.2, 0.25) is 0 Å². The summed E-state index contributed by atoms with van der Waals surface area (Å²) in [7, 11) is 1.53. The standard InChI is InChI=1S/C14H13BrN2O3/c1-20-13-6-9(4-5-16-13)8-17-14(19)11-3-2-10(15)7-12(11)18/h2-7,18H,8H2,1H3,(H,17,19). The minimum absolute atomic E-state index is 0.0656. The molecule has 1 amide bonds. The van der Waals surface area contributed by atoms with Crippen LogP contribution in [-0.2, 0) is 6.54 Å². The normalized spacial score (nSPS) is 10.1. The number of phenols is 1. The first-order valence-corrected chi connectivity index (χ1v) is 6.65. The fourth-order valence-corrected chi connectivity index (χ4v) is 2.00. The highest BCUT2D eigenvalue weighted by Gasteiger charge is 2.11. The lowest BCUT2D eigenvalue weighted by molar-refractivity contribution is 0.0948. The van der Waals surface area contributed by atoms with Crippen LogP contribution in [0, 0.1) is 0 Å². The first-order valence-electron chi connectivity index (χ1n) is 5.86. The van der Waals surface area contributed by atoms with Crippen molar-refractivity contribution in [3.63, 3.8) is 0 Å². The summed E-state index contributed by atoms with van der Waals surface area (Å²) in [5.41, 5.74) is 1.09. The van der Waals surface area contributed by atoms with Crippen molar-refractivity contribution in [1.29, 1.82) is 0 Å². The second kappa shape index (κ2) is 6.38. The number of hydrogen-bond donors (Lipinski definition) is 2. The maximum atomic E-state index is 12.0. The van der Waals surface area contributed by atoms with E-state index in [9.17, 15) is 9.90 Å². The molecule has 104 valence electrons. The van der Waals surface area contributed by atoms with E-state index in [1.54, 1.807) is 30.5 Å². The Hall–Kier alpha value is -2.08. The maximum absolute atomic E-state index is 12.0. The van der Waals surface area contributed by atoms with Crippen molar-refractivity contribution in [2.24, 2.45) is 0 Å². The van der Waals surface area contributed by atoms with Crippen LogP contribution in [0.3, 0.4) is 0 Å². The summed E-state index contributed by atoms with van der Waals surface area (Å²) in [4.78, 5) is 16.0. The Morgan fingerprint density at radius 1 is 1.40 bits per heavy atom. The van der Waals surface area contributed by atoms with Crippen molar-refractivity contribution >= 4 is 21.8 Å². The fraction of sp³-hybridized carbons (Fsp3) is 0.143. The van der Waals surface area contributed by atoms with Crippen LogP contribution < -0.4 is 10.1 Å². The van der Waals surface area contributed by atoms with Crippen LogP contribution in [0.25, 0.3) is 0 Å². The van der Waals surface area contributed by atoms with E-state index in [0.717, 1.165) is 5.56 Å². The third-order valence-corrected chi connectivity index (χ3v) is 3.16. The number of methoxy groups -OCH3 is 1. The fourth-order valence-electron chi connectivity index (χ4n) is 1.65. The van der Waals surface area contributed by atoms with E-state index < -0.39 is 0 Å². The van der Waals surface area contributed by atoms with Gasteiger partial charge < -0.3 is 15.2 Å². The first-order chi connectivity index (χ1) is 9.60. The largest absolute Gasteiger partial charge is 0.507 e. The number of carbonyl (C=O) groups is 1. The lowest BCUT2D eigenvalue weighted by atomic mass is 10.2. The summed E-state index contributed by atoms with van der Waals surface area (Å²) in [6, 6.07) is 8.25. The highest BCUT2D eigenvalue weighted by molar-refractivity contribution is 9.10. The van der Waals surface area contributed by atoms with Crippen molar-refractivity contribution in [2.45, 2.75) is 6.54 Å². The van der Waals surface area contributed by atoms with E-state index in [2.05, 4.69) is 26.2 Å². The molecule has 2 aromatic rings. The number of amides is 1. The van der Waals surface area contributed by atoms with E-state index in [1.807, 2.05) is 0 Å². The molecule has 6 heteroatoms. The molecule has 2 rings (SSSR count). The molecule has 20 heavy (non-hydrogen) atoms. The molecule has 1 aromatic heterocycles. The highest BCUT2D eigenvalue weighted by Crippen LogP contribution is 2.22. The predicted molar refractivity (Wildman–Crippen MR) is 77.8 cm³/mol. The molecule has 0 atom stereocenters. The number of hydrogen-bond acceptors (Lipinski definition) is 4. The van der Waals surface area contributed by atoms with Gasteiger partial charge in [-0.15, -0.1) is 0 Å². The summed E-state index contributed by atoms with van der Waals surface area (Å²) in [6.45, 7) is 0.327. The van der Waals surface area contributed by atoms with Gasteiger partial charge in [-0.25, -0.2) is 4.98 Å². The number of aromatic nitrogens is 1. The molecule has 0 aliphatic rings. The smallest absolute Gasteiger partial charge is 0.255 e. The van der Waals surface area contributed by atoms with Crippen LogP contribution in [0.4, 0.5) is 0 Å². The average Bonchev–Trinajstić information content (AvgIpc) is 2.45. The summed E-state index contributed by atoms with van der Waals surface area (Å²) in [5.74, 6) is 0.0817. The molecule has 0 aliphatic heterocycles. The van der Waals surface area contributed by atoms with Gasteiger partial charge in [-0.2, -0.15) is 0 Å². The molecule has 0 saturated heterocycles. The molecule has 0 aliphatic carbocycles. The number of pyridine rings is 1. The van der Waals surface area contributed by atoms with Gasteiger partial charge in [0.15, 0.2) is 0 Å². The number of rotatable bonds is 4. The number of carbonyl (C=O) groups excluding carboxylic acids is 1. The Labute approximate surface area is 124 Å². The zero-order valence-electron chi connectivity index (χ0n) is 10.8. The summed E-state index contributed by atoms with van der Waals surface area (Å²) < 4.78 is 5.72. The molecule has 1 aromatic carbocycles. The molecule has 0 spiro atoms. The molecule has 0 unspecified atom stereocenters. The van der Waals surface area contributed by atoms with E-state index in [4.69, 9.17) is 4.74 Å². The van der Waals surface area contributed by atoms with Gasteiger partial charge in [-0.1, -0.05) is 15.9 Å². The van der Waals surface area contributed by atoms with Gasteiger partial charge in [-0.05, 0) is 29.8 Å². The maximum Gasteiger partial charge on any atom is 0.255 e. The monoisotopic (exact) mass is 336 g/mol. The summed E-state index contributed by atoms with van der Waals surface area (Å²) >= 11 is 3.22. The van der Waals surface area contributed by atoms with Crippen molar-refractivity contribution in [2.75, 3.05) is 7.11 Å². The number of halogens is 1. The quantitative estimate of drug-likeness (QED) is 0.899. The summed E-state index contributed by atoms with van der Waals surface area (Å²) in [6.07, 6.45) is 1.61. The van der Waals surface area contributed by atoms with E-state index in [1.165, 1.54) is 13.2 Å². The SMILES string of the molecule is COc1cc(CNC(=O)c2ccc(Br)cc2O)ccn1. The van der Waals surface area contributed by atoms with Gasteiger partial charge in [0.25, 0.3) is 5.91 Å². The van der Waals surface area contributed by atoms with Crippen LogP contribution in [0.1, 0.15) is 15.9 Å². The molecule has 0 saturated carbocycles. The Morgan fingerprint density at radius 2 is 2.20 bits per heavy atom. The number of benzene rings is 1. The second-order valence-corrected chi connectivity index (χ2v) is 4.97. The topological polar surface area (TPSA) is 71.5 Å². The van der Waals surface area contributed by atoms with Gasteiger partial charge >= 0.3 is 0 Å². The zero-order chi connectivity index (χ0) is 14.5. The van der Waals surface area contributed by atoms with Crippen molar-refractivity contribution in [3.8, 4) is 11.6 Å². The molecular formula is C14H13BrN2O3. The van der Waals surface area contributed by atoms with Gasteiger partial charge in [0, 0.05) is 23.3 Å². The van der Waals surface area contributed by atoms with Crippen LogP contribution in [-0.4, -0.2) is 23.1 Å². The third-order valence-electron chi connectivity index (χ3n) is 2.67. The van der Waals surface area contributed by atoms with Gasteiger partial charge in [0.1, 0.15) is 5.75 Å². The third kappa shape index (κ3) is 3.48. The minimum atomic E-state index is -0.342. The van der Waals surface area contributed by atoms with Gasteiger partial charge in [0.2, 0.25) is 5.88 Å². The molecule has 0 fully saturated rings. The molecule has 2 N–H and O–H groups in total.